The molecular formula is C23H21Br2NO. The van der Waals surface area contributed by atoms with Crippen LogP contribution < -0.4 is 0 Å². The van der Waals surface area contributed by atoms with Crippen LogP contribution in [0.2, 0.25) is 0 Å². The summed E-state index contributed by atoms with van der Waals surface area (Å²) in [4.78, 5) is 0. The van der Waals surface area contributed by atoms with Crippen LogP contribution >= 0.6 is 31.9 Å². The Morgan fingerprint density at radius 1 is 0.815 bits per heavy atom. The van der Waals surface area contributed by atoms with Crippen molar-refractivity contribution in [2.24, 2.45) is 0 Å². The predicted molar refractivity (Wildman–Crippen MR) is 120 cm³/mol. The van der Waals surface area contributed by atoms with Crippen molar-refractivity contribution in [2.75, 3.05) is 0 Å². The van der Waals surface area contributed by atoms with Gasteiger partial charge in [-0.05, 0) is 55.8 Å². The van der Waals surface area contributed by atoms with Crippen LogP contribution in [0.1, 0.15) is 16.7 Å². The quantitative estimate of drug-likeness (QED) is 0.348. The first-order chi connectivity index (χ1) is 12.9. The largest absolute Gasteiger partial charge is 0.391 e. The van der Waals surface area contributed by atoms with Gasteiger partial charge in [0.1, 0.15) is 0 Å². The highest BCUT2D eigenvalue weighted by Gasteiger charge is 2.15. The highest BCUT2D eigenvalue weighted by molar-refractivity contribution is 9.10. The molecule has 0 saturated carbocycles. The summed E-state index contributed by atoms with van der Waals surface area (Å²) in [6.45, 7) is 4.77. The summed E-state index contributed by atoms with van der Waals surface area (Å²) >= 11 is 7.17. The molecule has 1 aromatic heterocycles. The number of aliphatic hydroxyl groups excluding tert-OH is 1. The van der Waals surface area contributed by atoms with Gasteiger partial charge in [-0.2, -0.15) is 0 Å². The maximum absolute atomic E-state index is 10.8. The minimum Gasteiger partial charge on any atom is -0.391 e. The van der Waals surface area contributed by atoms with Crippen LogP contribution in [0.25, 0.3) is 21.8 Å². The van der Waals surface area contributed by atoms with Crippen molar-refractivity contribution in [3.05, 3.63) is 80.2 Å². The Morgan fingerprint density at radius 2 is 1.33 bits per heavy atom. The monoisotopic (exact) mass is 485 g/mol. The minimum atomic E-state index is -0.447. The van der Waals surface area contributed by atoms with Crippen molar-refractivity contribution >= 4 is 53.7 Å². The maximum Gasteiger partial charge on any atom is 0.0759 e. The first-order valence-electron chi connectivity index (χ1n) is 9.03. The standard InChI is InChI=1S/C23H21Br2NO/c1-14-7-15(2)9-16(8-14)10-19(27)13-26-22-5-3-17(24)11-20(22)21-12-18(25)4-6-23(21)26/h3-9,11-12,19,27H,10,13H2,1-2H3. The fraction of sp³-hybridized carbons (Fsp3) is 0.217. The number of hydrogen-bond acceptors (Lipinski definition) is 1. The minimum absolute atomic E-state index is 0.447. The second kappa shape index (κ2) is 7.42. The van der Waals surface area contributed by atoms with E-state index in [4.69, 9.17) is 0 Å². The summed E-state index contributed by atoms with van der Waals surface area (Å²) in [5.41, 5.74) is 5.95. The van der Waals surface area contributed by atoms with Gasteiger partial charge >= 0.3 is 0 Å². The van der Waals surface area contributed by atoms with Gasteiger partial charge in [0, 0.05) is 43.7 Å². The number of aromatic nitrogens is 1. The summed E-state index contributed by atoms with van der Waals surface area (Å²) in [5.74, 6) is 0. The second-order valence-corrected chi connectivity index (χ2v) is 9.12. The Labute approximate surface area is 176 Å². The van der Waals surface area contributed by atoms with Crippen molar-refractivity contribution in [1.82, 2.24) is 4.57 Å². The smallest absolute Gasteiger partial charge is 0.0759 e. The number of hydrogen-bond donors (Lipinski definition) is 1. The molecule has 0 radical (unpaired) electrons. The fourth-order valence-electron chi connectivity index (χ4n) is 3.98. The molecule has 3 aromatic carbocycles. The van der Waals surface area contributed by atoms with E-state index in [2.05, 4.69) is 105 Å². The Balaban J connectivity index is 1.74. The second-order valence-electron chi connectivity index (χ2n) is 7.29. The first-order valence-corrected chi connectivity index (χ1v) is 10.6. The van der Waals surface area contributed by atoms with Gasteiger partial charge in [0.2, 0.25) is 0 Å². The lowest BCUT2D eigenvalue weighted by Gasteiger charge is -2.15. The molecule has 4 rings (SSSR count). The third-order valence-corrected chi connectivity index (χ3v) is 5.92. The number of fused-ring (bicyclic) bond motifs is 3. The number of aliphatic hydroxyl groups is 1. The lowest BCUT2D eigenvalue weighted by atomic mass is 10.0. The fourth-order valence-corrected chi connectivity index (χ4v) is 4.70. The third-order valence-electron chi connectivity index (χ3n) is 4.94. The van der Waals surface area contributed by atoms with Crippen LogP contribution in [0.15, 0.2) is 63.5 Å². The number of aryl methyl sites for hydroxylation is 2. The number of halogens is 2. The molecule has 0 amide bonds. The summed E-state index contributed by atoms with van der Waals surface area (Å²) in [6, 6.07) is 19.2. The van der Waals surface area contributed by atoms with E-state index in [1.165, 1.54) is 27.5 Å². The zero-order chi connectivity index (χ0) is 19.1. The zero-order valence-electron chi connectivity index (χ0n) is 15.3. The molecule has 1 heterocycles. The molecular weight excluding hydrogens is 466 g/mol. The molecule has 27 heavy (non-hydrogen) atoms. The molecule has 1 atom stereocenters. The molecule has 1 unspecified atom stereocenters. The van der Waals surface area contributed by atoms with E-state index in [-0.39, 0.29) is 0 Å². The number of rotatable bonds is 4. The van der Waals surface area contributed by atoms with Gasteiger partial charge in [0.05, 0.1) is 6.10 Å². The van der Waals surface area contributed by atoms with Crippen LogP contribution in [0, 0.1) is 13.8 Å². The molecule has 0 spiro atoms. The average Bonchev–Trinajstić information content (AvgIpc) is 2.86. The van der Waals surface area contributed by atoms with Crippen LogP contribution in [0.5, 0.6) is 0 Å². The Morgan fingerprint density at radius 3 is 1.85 bits per heavy atom. The highest BCUT2D eigenvalue weighted by atomic mass is 79.9. The molecule has 138 valence electrons. The normalized spacial score (nSPS) is 12.8. The maximum atomic E-state index is 10.8. The predicted octanol–water partition coefficient (Wildman–Crippen LogP) is 6.54. The molecule has 0 bridgehead atoms. The first kappa shape index (κ1) is 18.7. The van der Waals surface area contributed by atoms with Crippen molar-refractivity contribution in [1.29, 1.82) is 0 Å². The average molecular weight is 487 g/mol. The van der Waals surface area contributed by atoms with Gasteiger partial charge in [-0.1, -0.05) is 61.2 Å². The van der Waals surface area contributed by atoms with E-state index < -0.39 is 6.10 Å². The SMILES string of the molecule is Cc1cc(C)cc(CC(O)Cn2c3ccc(Br)cc3c3cc(Br)ccc32)c1. The van der Waals surface area contributed by atoms with Crippen LogP contribution in [-0.4, -0.2) is 15.8 Å². The molecule has 0 aliphatic rings. The molecule has 4 aromatic rings. The van der Waals surface area contributed by atoms with Crippen molar-refractivity contribution in [3.63, 3.8) is 0 Å². The number of nitrogens with zero attached hydrogens (tertiary/aromatic N) is 1. The van der Waals surface area contributed by atoms with E-state index in [9.17, 15) is 5.11 Å². The van der Waals surface area contributed by atoms with Gasteiger partial charge < -0.3 is 9.67 Å². The lowest BCUT2D eigenvalue weighted by molar-refractivity contribution is 0.157. The molecule has 2 nitrogen and oxygen atoms in total. The van der Waals surface area contributed by atoms with E-state index in [1.807, 2.05) is 0 Å². The van der Waals surface area contributed by atoms with Crippen LogP contribution in [0.3, 0.4) is 0 Å². The zero-order valence-corrected chi connectivity index (χ0v) is 18.5. The Bertz CT molecular complexity index is 1070. The molecule has 0 saturated heterocycles. The van der Waals surface area contributed by atoms with Gasteiger partial charge in [0.15, 0.2) is 0 Å². The van der Waals surface area contributed by atoms with Crippen molar-refractivity contribution in [2.45, 2.75) is 32.9 Å². The number of benzene rings is 3. The summed E-state index contributed by atoms with van der Waals surface area (Å²) < 4.78 is 4.35. The van der Waals surface area contributed by atoms with E-state index in [0.717, 1.165) is 20.0 Å². The summed E-state index contributed by atoms with van der Waals surface area (Å²) in [7, 11) is 0. The van der Waals surface area contributed by atoms with Crippen LogP contribution in [0.4, 0.5) is 0 Å². The van der Waals surface area contributed by atoms with Gasteiger partial charge in [-0.15, -0.1) is 0 Å². The molecule has 0 fully saturated rings. The highest BCUT2D eigenvalue weighted by Crippen LogP contribution is 2.33. The molecule has 4 heteroatoms. The van der Waals surface area contributed by atoms with E-state index in [1.54, 1.807) is 0 Å². The van der Waals surface area contributed by atoms with Gasteiger partial charge in [-0.3, -0.25) is 0 Å². The van der Waals surface area contributed by atoms with Crippen LogP contribution in [-0.2, 0) is 13.0 Å². The summed E-state index contributed by atoms with van der Waals surface area (Å²) in [6.07, 6.45) is 0.203. The van der Waals surface area contributed by atoms with Gasteiger partial charge in [0.25, 0.3) is 0 Å². The molecule has 0 aliphatic heterocycles. The van der Waals surface area contributed by atoms with Gasteiger partial charge in [-0.25, -0.2) is 0 Å². The Kier molecular flexibility index (Phi) is 5.15. The Hall–Kier alpha value is -1.62. The molecule has 1 N–H and O–H groups in total. The summed E-state index contributed by atoms with van der Waals surface area (Å²) in [5, 5.41) is 13.2. The van der Waals surface area contributed by atoms with Crippen molar-refractivity contribution in [3.8, 4) is 0 Å². The molecule has 0 aliphatic carbocycles. The van der Waals surface area contributed by atoms with E-state index >= 15 is 0 Å². The van der Waals surface area contributed by atoms with E-state index in [0.29, 0.717) is 13.0 Å². The lowest BCUT2D eigenvalue weighted by Crippen LogP contribution is -2.18. The topological polar surface area (TPSA) is 25.2 Å². The van der Waals surface area contributed by atoms with Crippen molar-refractivity contribution < 1.29 is 5.11 Å². The third kappa shape index (κ3) is 3.84.